The van der Waals surface area contributed by atoms with Gasteiger partial charge in [0.05, 0.1) is 12.6 Å². The molecule has 0 bridgehead atoms. The molecule has 4 nitrogen and oxygen atoms in total. The molecule has 20 heavy (non-hydrogen) atoms. The first-order chi connectivity index (χ1) is 9.56. The first-order valence-corrected chi connectivity index (χ1v) is 7.50. The minimum atomic E-state index is -0.130. The summed E-state index contributed by atoms with van der Waals surface area (Å²) in [6.45, 7) is 2.48. The summed E-state index contributed by atoms with van der Waals surface area (Å²) in [5.41, 5.74) is 1.13. The maximum atomic E-state index is 12.0. The predicted octanol–water partition coefficient (Wildman–Crippen LogP) is 2.46. The second-order valence-corrected chi connectivity index (χ2v) is 5.80. The fourth-order valence-electron chi connectivity index (χ4n) is 2.03. The van der Waals surface area contributed by atoms with Crippen molar-refractivity contribution in [1.29, 1.82) is 0 Å². The van der Waals surface area contributed by atoms with Crippen LogP contribution in [-0.2, 0) is 9.53 Å². The molecule has 2 atom stereocenters. The van der Waals surface area contributed by atoms with E-state index in [2.05, 4.69) is 21.2 Å². The van der Waals surface area contributed by atoms with Crippen molar-refractivity contribution < 1.29 is 14.6 Å². The molecule has 0 spiro atoms. The third kappa shape index (κ3) is 6.03. The molecule has 1 aromatic rings. The average molecular weight is 344 g/mol. The Morgan fingerprint density at radius 2 is 2.05 bits per heavy atom. The zero-order valence-electron chi connectivity index (χ0n) is 11.9. The van der Waals surface area contributed by atoms with Crippen molar-refractivity contribution in [3.05, 3.63) is 34.3 Å². The van der Waals surface area contributed by atoms with Gasteiger partial charge >= 0.3 is 0 Å². The van der Waals surface area contributed by atoms with Crippen LogP contribution in [0.25, 0.3) is 0 Å². The van der Waals surface area contributed by atoms with E-state index in [9.17, 15) is 4.79 Å². The van der Waals surface area contributed by atoms with Gasteiger partial charge in [0.15, 0.2) is 0 Å². The van der Waals surface area contributed by atoms with Gasteiger partial charge in [0.1, 0.15) is 0 Å². The van der Waals surface area contributed by atoms with Gasteiger partial charge < -0.3 is 15.2 Å². The Kier molecular flexibility index (Phi) is 7.80. The van der Waals surface area contributed by atoms with Gasteiger partial charge in [-0.1, -0.05) is 35.0 Å². The average Bonchev–Trinajstić information content (AvgIpc) is 2.39. The van der Waals surface area contributed by atoms with Crippen molar-refractivity contribution >= 4 is 21.8 Å². The van der Waals surface area contributed by atoms with E-state index in [0.29, 0.717) is 19.4 Å². The van der Waals surface area contributed by atoms with Crippen molar-refractivity contribution in [3.63, 3.8) is 0 Å². The van der Waals surface area contributed by atoms with Crippen LogP contribution in [0.15, 0.2) is 28.7 Å². The van der Waals surface area contributed by atoms with Crippen LogP contribution >= 0.6 is 15.9 Å². The maximum Gasteiger partial charge on any atom is 0.220 e. The fraction of sp³-hybridized carbons (Fsp3) is 0.533. The molecule has 2 N–H and O–H groups in total. The molecule has 0 fully saturated rings. The molecule has 5 heteroatoms. The van der Waals surface area contributed by atoms with Crippen LogP contribution in [0.1, 0.15) is 31.2 Å². The molecule has 0 aromatic heterocycles. The minimum absolute atomic E-state index is 0.0177. The van der Waals surface area contributed by atoms with Crippen LogP contribution in [0, 0.1) is 0 Å². The van der Waals surface area contributed by atoms with Crippen molar-refractivity contribution in [2.75, 3.05) is 20.3 Å². The number of carbonyl (C=O) groups excluding carboxylic acids is 1. The Balaban J connectivity index is 2.49. The molecular weight excluding hydrogens is 322 g/mol. The second kappa shape index (κ2) is 9.10. The van der Waals surface area contributed by atoms with Gasteiger partial charge in [-0.15, -0.1) is 0 Å². The third-order valence-corrected chi connectivity index (χ3v) is 3.67. The molecule has 0 heterocycles. The Morgan fingerprint density at radius 1 is 1.40 bits per heavy atom. The molecule has 0 radical (unpaired) electrons. The summed E-state index contributed by atoms with van der Waals surface area (Å²) in [5, 5.41) is 11.8. The van der Waals surface area contributed by atoms with Crippen LogP contribution in [-0.4, -0.2) is 37.4 Å². The highest BCUT2D eigenvalue weighted by molar-refractivity contribution is 9.10. The van der Waals surface area contributed by atoms with Crippen molar-refractivity contribution in [2.45, 2.75) is 31.7 Å². The smallest absolute Gasteiger partial charge is 0.220 e. The first-order valence-electron chi connectivity index (χ1n) is 6.71. The number of hydrogen-bond acceptors (Lipinski definition) is 3. The van der Waals surface area contributed by atoms with E-state index in [1.807, 2.05) is 31.2 Å². The number of carbonyl (C=O) groups is 1. The number of ether oxygens (including phenoxy) is 1. The highest BCUT2D eigenvalue weighted by atomic mass is 79.9. The molecular formula is C15H22BrNO3. The standard InChI is InChI=1S/C15H22BrNO3/c1-11(12-3-5-13(16)6-4-12)9-15(19)17-14(7-8-18)10-20-2/h3-6,11,14,18H,7-10H2,1-2H3,(H,17,19). The molecule has 0 saturated heterocycles. The summed E-state index contributed by atoms with van der Waals surface area (Å²) in [7, 11) is 1.58. The van der Waals surface area contributed by atoms with Crippen molar-refractivity contribution in [2.24, 2.45) is 0 Å². The van der Waals surface area contributed by atoms with E-state index in [1.165, 1.54) is 0 Å². The molecule has 0 saturated carbocycles. The van der Waals surface area contributed by atoms with E-state index in [4.69, 9.17) is 9.84 Å². The highest BCUT2D eigenvalue weighted by Crippen LogP contribution is 2.21. The maximum absolute atomic E-state index is 12.0. The molecule has 2 unspecified atom stereocenters. The summed E-state index contributed by atoms with van der Waals surface area (Å²) >= 11 is 3.40. The topological polar surface area (TPSA) is 58.6 Å². The molecule has 0 aliphatic rings. The number of aliphatic hydroxyl groups excluding tert-OH is 1. The van der Waals surface area contributed by atoms with E-state index in [0.717, 1.165) is 10.0 Å². The zero-order chi connectivity index (χ0) is 15.0. The molecule has 0 aliphatic heterocycles. The van der Waals surface area contributed by atoms with Crippen LogP contribution in [0.2, 0.25) is 0 Å². The predicted molar refractivity (Wildman–Crippen MR) is 82.7 cm³/mol. The minimum Gasteiger partial charge on any atom is -0.396 e. The van der Waals surface area contributed by atoms with Gasteiger partial charge in [-0.05, 0) is 30.0 Å². The lowest BCUT2D eigenvalue weighted by atomic mass is 9.97. The number of rotatable bonds is 8. The third-order valence-electron chi connectivity index (χ3n) is 3.14. The number of hydrogen-bond donors (Lipinski definition) is 2. The van der Waals surface area contributed by atoms with E-state index < -0.39 is 0 Å². The summed E-state index contributed by atoms with van der Waals surface area (Å²) in [4.78, 5) is 12.0. The van der Waals surface area contributed by atoms with Crippen molar-refractivity contribution in [1.82, 2.24) is 5.32 Å². The summed E-state index contributed by atoms with van der Waals surface area (Å²) in [6.07, 6.45) is 0.930. The van der Waals surface area contributed by atoms with Gasteiger partial charge in [0, 0.05) is 24.6 Å². The normalized spacial score (nSPS) is 13.8. The lowest BCUT2D eigenvalue weighted by Gasteiger charge is -2.18. The Labute approximate surface area is 128 Å². The SMILES string of the molecule is COCC(CCO)NC(=O)CC(C)c1ccc(Br)cc1. The first kappa shape index (κ1) is 17.1. The number of benzene rings is 1. The number of aliphatic hydroxyl groups is 1. The zero-order valence-corrected chi connectivity index (χ0v) is 13.5. The summed E-state index contributed by atoms with van der Waals surface area (Å²) < 4.78 is 6.06. The van der Waals surface area contributed by atoms with Gasteiger partial charge in [0.25, 0.3) is 0 Å². The van der Waals surface area contributed by atoms with E-state index in [1.54, 1.807) is 7.11 Å². The van der Waals surface area contributed by atoms with Gasteiger partial charge in [-0.2, -0.15) is 0 Å². The Morgan fingerprint density at radius 3 is 2.60 bits per heavy atom. The quantitative estimate of drug-likeness (QED) is 0.762. The van der Waals surface area contributed by atoms with Crippen LogP contribution in [0.3, 0.4) is 0 Å². The monoisotopic (exact) mass is 343 g/mol. The molecule has 1 amide bonds. The fourth-order valence-corrected chi connectivity index (χ4v) is 2.29. The molecule has 0 aliphatic carbocycles. The van der Waals surface area contributed by atoms with E-state index >= 15 is 0 Å². The van der Waals surface area contributed by atoms with Gasteiger partial charge in [0.2, 0.25) is 5.91 Å². The number of nitrogens with one attached hydrogen (secondary N) is 1. The Hall–Kier alpha value is -0.910. The van der Waals surface area contributed by atoms with Crippen LogP contribution in [0.4, 0.5) is 0 Å². The molecule has 112 valence electrons. The van der Waals surface area contributed by atoms with E-state index in [-0.39, 0.29) is 24.5 Å². The summed E-state index contributed by atoms with van der Waals surface area (Å²) in [6, 6.07) is 7.85. The summed E-state index contributed by atoms with van der Waals surface area (Å²) in [5.74, 6) is 0.136. The Bertz CT molecular complexity index is 402. The molecule has 1 rings (SSSR count). The number of methoxy groups -OCH3 is 1. The number of amides is 1. The largest absolute Gasteiger partial charge is 0.396 e. The lowest BCUT2D eigenvalue weighted by molar-refractivity contribution is -0.122. The highest BCUT2D eigenvalue weighted by Gasteiger charge is 2.15. The van der Waals surface area contributed by atoms with Gasteiger partial charge in [-0.3, -0.25) is 4.79 Å². The van der Waals surface area contributed by atoms with Crippen LogP contribution in [0.5, 0.6) is 0 Å². The lowest BCUT2D eigenvalue weighted by Crippen LogP contribution is -2.39. The van der Waals surface area contributed by atoms with Crippen LogP contribution < -0.4 is 5.32 Å². The second-order valence-electron chi connectivity index (χ2n) is 4.89. The van der Waals surface area contributed by atoms with Crippen molar-refractivity contribution in [3.8, 4) is 0 Å². The van der Waals surface area contributed by atoms with Gasteiger partial charge in [-0.25, -0.2) is 0 Å². The number of halogens is 1. The molecule has 1 aromatic carbocycles.